The molecule has 0 radical (unpaired) electrons. The largest absolute Gasteiger partial charge is 0.496 e. The van der Waals surface area contributed by atoms with Crippen LogP contribution in [0, 0.1) is 0 Å². The molecule has 0 atom stereocenters. The van der Waals surface area contributed by atoms with Gasteiger partial charge < -0.3 is 10.5 Å². The molecule has 1 aromatic carbocycles. The summed E-state index contributed by atoms with van der Waals surface area (Å²) in [5.41, 5.74) is 10.0. The molecule has 1 aliphatic rings. The minimum atomic E-state index is -0.490. The highest BCUT2D eigenvalue weighted by atomic mass is 16.5. The van der Waals surface area contributed by atoms with Gasteiger partial charge in [0.2, 0.25) is 0 Å². The Morgan fingerprint density at radius 3 is 2.95 bits per heavy atom. The van der Waals surface area contributed by atoms with Crippen molar-refractivity contribution in [1.82, 2.24) is 4.98 Å². The fraction of sp³-hybridized carbons (Fsp3) is 0.125. The van der Waals surface area contributed by atoms with Gasteiger partial charge in [-0.05, 0) is 29.3 Å². The van der Waals surface area contributed by atoms with Crippen molar-refractivity contribution in [1.29, 1.82) is 0 Å². The first-order valence-corrected chi connectivity index (χ1v) is 6.33. The number of nitrogens with two attached hydrogens (primary N) is 1. The van der Waals surface area contributed by atoms with Crippen molar-refractivity contribution < 1.29 is 9.53 Å². The van der Waals surface area contributed by atoms with Crippen molar-refractivity contribution in [3.05, 3.63) is 65.0 Å². The van der Waals surface area contributed by atoms with Gasteiger partial charge in [0, 0.05) is 18.2 Å². The van der Waals surface area contributed by atoms with E-state index in [2.05, 4.69) is 17.1 Å². The zero-order valence-electron chi connectivity index (χ0n) is 11.1. The lowest BCUT2D eigenvalue weighted by Gasteiger charge is -2.10. The van der Waals surface area contributed by atoms with Crippen LogP contribution in [0.25, 0.3) is 5.57 Å². The van der Waals surface area contributed by atoms with E-state index < -0.39 is 5.91 Å². The SMILES string of the molecule is COc1cc(C2=CCc3ncccc32)ccc1C(N)=O. The van der Waals surface area contributed by atoms with E-state index in [0.717, 1.165) is 28.8 Å². The van der Waals surface area contributed by atoms with E-state index in [1.54, 1.807) is 12.3 Å². The molecule has 3 rings (SSSR count). The number of aromatic nitrogens is 1. The third kappa shape index (κ3) is 1.95. The van der Waals surface area contributed by atoms with E-state index in [-0.39, 0.29) is 0 Å². The van der Waals surface area contributed by atoms with Gasteiger partial charge in [-0.3, -0.25) is 9.78 Å². The van der Waals surface area contributed by atoms with E-state index in [1.165, 1.54) is 7.11 Å². The standard InChI is InChI=1S/C16H14N2O2/c1-20-15-9-10(4-5-13(15)16(17)19)11-6-7-14-12(11)3-2-8-18-14/h2-6,8-9H,7H2,1H3,(H2,17,19). The fourth-order valence-corrected chi connectivity index (χ4v) is 2.49. The zero-order valence-corrected chi connectivity index (χ0v) is 11.1. The molecular weight excluding hydrogens is 252 g/mol. The average molecular weight is 266 g/mol. The number of allylic oxidation sites excluding steroid dienone is 1. The second-order valence-electron chi connectivity index (χ2n) is 4.60. The molecule has 0 fully saturated rings. The quantitative estimate of drug-likeness (QED) is 0.926. The molecular formula is C16H14N2O2. The van der Waals surface area contributed by atoms with Gasteiger partial charge >= 0.3 is 0 Å². The van der Waals surface area contributed by atoms with Crippen LogP contribution in [0.3, 0.4) is 0 Å². The molecule has 1 aromatic heterocycles. The van der Waals surface area contributed by atoms with Crippen LogP contribution in [-0.4, -0.2) is 18.0 Å². The summed E-state index contributed by atoms with van der Waals surface area (Å²) in [5.74, 6) is 0.00380. The fourth-order valence-electron chi connectivity index (χ4n) is 2.49. The first-order chi connectivity index (χ1) is 9.70. The van der Waals surface area contributed by atoms with Crippen LogP contribution in [0.15, 0.2) is 42.6 Å². The third-order valence-corrected chi connectivity index (χ3v) is 3.46. The van der Waals surface area contributed by atoms with Gasteiger partial charge in [0.1, 0.15) is 5.75 Å². The molecule has 4 heteroatoms. The molecule has 0 unspecified atom stereocenters. The van der Waals surface area contributed by atoms with Crippen LogP contribution in [0.2, 0.25) is 0 Å². The highest BCUT2D eigenvalue weighted by Crippen LogP contribution is 2.33. The van der Waals surface area contributed by atoms with Crippen LogP contribution < -0.4 is 10.5 Å². The second kappa shape index (κ2) is 4.81. The van der Waals surface area contributed by atoms with E-state index >= 15 is 0 Å². The normalized spacial score (nSPS) is 12.8. The summed E-state index contributed by atoms with van der Waals surface area (Å²) in [7, 11) is 1.53. The maximum Gasteiger partial charge on any atom is 0.252 e. The van der Waals surface area contributed by atoms with E-state index in [4.69, 9.17) is 10.5 Å². The van der Waals surface area contributed by atoms with Crippen LogP contribution in [0.5, 0.6) is 5.75 Å². The minimum Gasteiger partial charge on any atom is -0.496 e. The summed E-state index contributed by atoms with van der Waals surface area (Å²) in [6.45, 7) is 0. The number of benzene rings is 1. The third-order valence-electron chi connectivity index (χ3n) is 3.46. The Morgan fingerprint density at radius 2 is 2.20 bits per heavy atom. The van der Waals surface area contributed by atoms with Gasteiger partial charge in [0.05, 0.1) is 18.4 Å². The second-order valence-corrected chi connectivity index (χ2v) is 4.60. The van der Waals surface area contributed by atoms with Gasteiger partial charge in [-0.15, -0.1) is 0 Å². The first kappa shape index (κ1) is 12.4. The first-order valence-electron chi connectivity index (χ1n) is 6.33. The van der Waals surface area contributed by atoms with Gasteiger partial charge in [0.25, 0.3) is 5.91 Å². The summed E-state index contributed by atoms with van der Waals surface area (Å²) in [6.07, 6.45) is 4.76. The molecule has 0 aliphatic heterocycles. The summed E-state index contributed by atoms with van der Waals surface area (Å²) >= 11 is 0. The molecule has 2 aromatic rings. The molecule has 2 N–H and O–H groups in total. The Kier molecular flexibility index (Phi) is 2.99. The molecule has 20 heavy (non-hydrogen) atoms. The number of primary amides is 1. The highest BCUT2D eigenvalue weighted by Gasteiger charge is 2.18. The van der Waals surface area contributed by atoms with Crippen molar-refractivity contribution in [2.45, 2.75) is 6.42 Å². The highest BCUT2D eigenvalue weighted by molar-refractivity contribution is 5.96. The number of amides is 1. The van der Waals surface area contributed by atoms with Gasteiger partial charge in [-0.1, -0.05) is 18.2 Å². The predicted molar refractivity (Wildman–Crippen MR) is 76.5 cm³/mol. The summed E-state index contributed by atoms with van der Waals surface area (Å²) in [4.78, 5) is 15.7. The van der Waals surface area contributed by atoms with E-state index in [1.807, 2.05) is 18.2 Å². The number of nitrogens with zero attached hydrogens (tertiary/aromatic N) is 1. The summed E-state index contributed by atoms with van der Waals surface area (Å²) in [5, 5.41) is 0. The molecule has 4 nitrogen and oxygen atoms in total. The average Bonchev–Trinajstić information content (AvgIpc) is 2.90. The van der Waals surface area contributed by atoms with E-state index in [0.29, 0.717) is 11.3 Å². The van der Waals surface area contributed by atoms with Crippen molar-refractivity contribution in [2.75, 3.05) is 7.11 Å². The number of carbonyl (C=O) groups excluding carboxylic acids is 1. The monoisotopic (exact) mass is 266 g/mol. The zero-order chi connectivity index (χ0) is 14.1. The lowest BCUT2D eigenvalue weighted by Crippen LogP contribution is -2.12. The Bertz CT molecular complexity index is 720. The summed E-state index contributed by atoms with van der Waals surface area (Å²) < 4.78 is 5.25. The van der Waals surface area contributed by atoms with Crippen LogP contribution in [0.4, 0.5) is 0 Å². The van der Waals surface area contributed by atoms with Crippen molar-refractivity contribution >= 4 is 11.5 Å². The molecule has 0 spiro atoms. The number of ether oxygens (including phenoxy) is 1. The topological polar surface area (TPSA) is 65.2 Å². The lowest BCUT2D eigenvalue weighted by atomic mass is 9.99. The maximum atomic E-state index is 11.3. The molecule has 0 saturated heterocycles. The van der Waals surface area contributed by atoms with Crippen LogP contribution >= 0.6 is 0 Å². The molecule has 1 amide bonds. The number of methoxy groups -OCH3 is 1. The van der Waals surface area contributed by atoms with Gasteiger partial charge in [-0.2, -0.15) is 0 Å². The van der Waals surface area contributed by atoms with E-state index in [9.17, 15) is 4.79 Å². The van der Waals surface area contributed by atoms with Crippen molar-refractivity contribution in [3.8, 4) is 5.75 Å². The van der Waals surface area contributed by atoms with Crippen molar-refractivity contribution in [2.24, 2.45) is 5.73 Å². The van der Waals surface area contributed by atoms with Crippen molar-refractivity contribution in [3.63, 3.8) is 0 Å². The number of rotatable bonds is 3. The molecule has 1 heterocycles. The Balaban J connectivity index is 2.07. The van der Waals surface area contributed by atoms with Gasteiger partial charge in [0.15, 0.2) is 0 Å². The smallest absolute Gasteiger partial charge is 0.252 e. The Labute approximate surface area is 116 Å². The van der Waals surface area contributed by atoms with Crippen LogP contribution in [-0.2, 0) is 6.42 Å². The maximum absolute atomic E-state index is 11.3. The molecule has 0 saturated carbocycles. The number of hydrogen-bond donors (Lipinski definition) is 1. The predicted octanol–water partition coefficient (Wildman–Crippen LogP) is 2.18. The lowest BCUT2D eigenvalue weighted by molar-refractivity contribution is 0.0997. The number of pyridine rings is 1. The Hall–Kier alpha value is -2.62. The number of hydrogen-bond acceptors (Lipinski definition) is 3. The minimum absolute atomic E-state index is 0.390. The molecule has 1 aliphatic carbocycles. The van der Waals surface area contributed by atoms with Crippen LogP contribution in [0.1, 0.15) is 27.2 Å². The summed E-state index contributed by atoms with van der Waals surface area (Å²) in [6, 6.07) is 9.40. The number of fused-ring (bicyclic) bond motifs is 1. The molecule has 0 bridgehead atoms. The Morgan fingerprint density at radius 1 is 1.35 bits per heavy atom. The number of carbonyl (C=O) groups is 1. The van der Waals surface area contributed by atoms with Gasteiger partial charge in [-0.25, -0.2) is 0 Å². The molecule has 100 valence electrons.